The van der Waals surface area contributed by atoms with E-state index < -0.39 is 0 Å². The van der Waals surface area contributed by atoms with E-state index in [9.17, 15) is 0 Å². The molecule has 5 heteroatoms. The number of nitrogens with zero attached hydrogens (tertiary/aromatic N) is 3. The zero-order chi connectivity index (χ0) is 14.0. The molecule has 1 aromatic rings. The number of aryl methyl sites for hydroxylation is 2. The first kappa shape index (κ1) is 14.5. The maximum Gasteiger partial charge on any atom is 0.0897 e. The van der Waals surface area contributed by atoms with Crippen LogP contribution in [0.15, 0.2) is 6.20 Å². The lowest BCUT2D eigenvalue weighted by Crippen LogP contribution is -2.48. The van der Waals surface area contributed by atoms with Gasteiger partial charge < -0.3 is 10.1 Å². The van der Waals surface area contributed by atoms with Crippen molar-refractivity contribution < 1.29 is 4.74 Å². The molecule has 0 spiro atoms. The SMILES string of the molecule is Cc1nn(C)cc1C1C(CNC(C)C)OCCN1C. The summed E-state index contributed by atoms with van der Waals surface area (Å²) in [5.74, 6) is 0. The molecule has 0 radical (unpaired) electrons. The van der Waals surface area contributed by atoms with Gasteiger partial charge in [0, 0.05) is 37.9 Å². The highest BCUT2D eigenvalue weighted by Crippen LogP contribution is 2.29. The average molecular weight is 266 g/mol. The lowest BCUT2D eigenvalue weighted by Gasteiger charge is -2.39. The first-order valence-electron chi connectivity index (χ1n) is 7.04. The molecule has 0 aromatic carbocycles. The van der Waals surface area contributed by atoms with Crippen LogP contribution < -0.4 is 5.32 Å². The van der Waals surface area contributed by atoms with Crippen LogP contribution in [-0.2, 0) is 11.8 Å². The summed E-state index contributed by atoms with van der Waals surface area (Å²) in [5, 5.41) is 7.95. The number of hydrogen-bond acceptors (Lipinski definition) is 4. The van der Waals surface area contributed by atoms with Crippen molar-refractivity contribution in [3.8, 4) is 0 Å². The van der Waals surface area contributed by atoms with Gasteiger partial charge in [-0.15, -0.1) is 0 Å². The van der Waals surface area contributed by atoms with E-state index in [0.29, 0.717) is 6.04 Å². The van der Waals surface area contributed by atoms with Crippen LogP contribution >= 0.6 is 0 Å². The van der Waals surface area contributed by atoms with E-state index in [2.05, 4.69) is 49.3 Å². The number of ether oxygens (including phenoxy) is 1. The Hall–Kier alpha value is -0.910. The molecule has 19 heavy (non-hydrogen) atoms. The van der Waals surface area contributed by atoms with E-state index in [-0.39, 0.29) is 12.1 Å². The summed E-state index contributed by atoms with van der Waals surface area (Å²) < 4.78 is 7.88. The first-order valence-corrected chi connectivity index (χ1v) is 7.04. The number of rotatable bonds is 4. The van der Waals surface area contributed by atoms with Gasteiger partial charge in [-0.25, -0.2) is 0 Å². The molecule has 108 valence electrons. The maximum atomic E-state index is 5.99. The summed E-state index contributed by atoms with van der Waals surface area (Å²) in [6.07, 6.45) is 2.30. The second kappa shape index (κ2) is 6.03. The quantitative estimate of drug-likeness (QED) is 0.886. The smallest absolute Gasteiger partial charge is 0.0897 e. The summed E-state index contributed by atoms with van der Waals surface area (Å²) in [5.41, 5.74) is 2.37. The monoisotopic (exact) mass is 266 g/mol. The third-order valence-electron chi connectivity index (χ3n) is 3.70. The van der Waals surface area contributed by atoms with Crippen LogP contribution in [0.2, 0.25) is 0 Å². The molecule has 1 fully saturated rings. The fourth-order valence-corrected chi connectivity index (χ4v) is 2.73. The summed E-state index contributed by atoms with van der Waals surface area (Å²) in [6, 6.07) is 0.764. The molecule has 0 aliphatic carbocycles. The minimum atomic E-state index is 0.184. The van der Waals surface area contributed by atoms with Gasteiger partial charge in [-0.3, -0.25) is 9.58 Å². The number of hydrogen-bond donors (Lipinski definition) is 1. The fourth-order valence-electron chi connectivity index (χ4n) is 2.73. The van der Waals surface area contributed by atoms with E-state index in [0.717, 1.165) is 25.4 Å². The van der Waals surface area contributed by atoms with Gasteiger partial charge in [0.1, 0.15) is 0 Å². The Labute approximate surface area is 115 Å². The lowest BCUT2D eigenvalue weighted by molar-refractivity contribution is -0.0622. The van der Waals surface area contributed by atoms with Crippen LogP contribution in [-0.4, -0.2) is 53.6 Å². The first-order chi connectivity index (χ1) is 8.99. The molecule has 2 unspecified atom stereocenters. The van der Waals surface area contributed by atoms with Crippen molar-refractivity contribution in [3.63, 3.8) is 0 Å². The van der Waals surface area contributed by atoms with Crippen LogP contribution in [0.5, 0.6) is 0 Å². The number of morpholine rings is 1. The molecule has 1 aliphatic heterocycles. The van der Waals surface area contributed by atoms with Crippen molar-refractivity contribution in [2.75, 3.05) is 26.7 Å². The molecule has 5 nitrogen and oxygen atoms in total. The zero-order valence-corrected chi connectivity index (χ0v) is 12.7. The molecule has 2 atom stereocenters. The molecule has 1 aliphatic rings. The van der Waals surface area contributed by atoms with Crippen molar-refractivity contribution in [2.24, 2.45) is 7.05 Å². The van der Waals surface area contributed by atoms with Crippen molar-refractivity contribution in [1.82, 2.24) is 20.0 Å². The molecular weight excluding hydrogens is 240 g/mol. The van der Waals surface area contributed by atoms with Gasteiger partial charge in [0.2, 0.25) is 0 Å². The standard InChI is InChI=1S/C14H26N4O/c1-10(2)15-8-13-14(17(4)6-7-19-13)12-9-18(5)16-11(12)3/h9-10,13-15H,6-8H2,1-5H3. The predicted molar refractivity (Wildman–Crippen MR) is 76.2 cm³/mol. The van der Waals surface area contributed by atoms with Crippen molar-refractivity contribution in [1.29, 1.82) is 0 Å². The third-order valence-corrected chi connectivity index (χ3v) is 3.70. The van der Waals surface area contributed by atoms with Crippen LogP contribution in [0, 0.1) is 6.92 Å². The molecule has 1 saturated heterocycles. The fraction of sp³-hybridized carbons (Fsp3) is 0.786. The highest BCUT2D eigenvalue weighted by atomic mass is 16.5. The van der Waals surface area contributed by atoms with Crippen molar-refractivity contribution in [2.45, 2.75) is 39.0 Å². The largest absolute Gasteiger partial charge is 0.374 e. The number of likely N-dealkylation sites (N-methyl/N-ethyl adjacent to an activating group) is 1. The highest BCUT2D eigenvalue weighted by Gasteiger charge is 2.33. The Kier molecular flexibility index (Phi) is 4.60. The Bertz CT molecular complexity index is 416. The normalized spacial score (nSPS) is 25.2. The van der Waals surface area contributed by atoms with Gasteiger partial charge in [-0.2, -0.15) is 5.10 Å². The van der Waals surface area contributed by atoms with Crippen molar-refractivity contribution in [3.05, 3.63) is 17.5 Å². The van der Waals surface area contributed by atoms with E-state index in [4.69, 9.17) is 4.74 Å². The van der Waals surface area contributed by atoms with Crippen LogP contribution in [0.1, 0.15) is 31.1 Å². The van der Waals surface area contributed by atoms with E-state index >= 15 is 0 Å². The molecule has 0 bridgehead atoms. The van der Waals surface area contributed by atoms with Crippen LogP contribution in [0.3, 0.4) is 0 Å². The number of nitrogens with one attached hydrogen (secondary N) is 1. The summed E-state index contributed by atoms with van der Waals surface area (Å²) in [4.78, 5) is 2.38. The maximum absolute atomic E-state index is 5.99. The van der Waals surface area contributed by atoms with Gasteiger partial charge in [0.05, 0.1) is 24.4 Å². The summed E-state index contributed by atoms with van der Waals surface area (Å²) in [6.45, 7) is 9.05. The average Bonchev–Trinajstić information content (AvgIpc) is 2.65. The number of aromatic nitrogens is 2. The second-order valence-electron chi connectivity index (χ2n) is 5.74. The van der Waals surface area contributed by atoms with Gasteiger partial charge in [0.15, 0.2) is 0 Å². The van der Waals surface area contributed by atoms with E-state index in [1.54, 1.807) is 0 Å². The minimum absolute atomic E-state index is 0.184. The van der Waals surface area contributed by atoms with Crippen molar-refractivity contribution >= 4 is 0 Å². The molecule has 0 saturated carbocycles. The molecule has 0 amide bonds. The Morgan fingerprint density at radius 2 is 2.21 bits per heavy atom. The summed E-state index contributed by atoms with van der Waals surface area (Å²) >= 11 is 0. The molecule has 2 heterocycles. The molecular formula is C14H26N4O. The van der Waals surface area contributed by atoms with Gasteiger partial charge in [0.25, 0.3) is 0 Å². The predicted octanol–water partition coefficient (Wildman–Crippen LogP) is 1.10. The zero-order valence-electron chi connectivity index (χ0n) is 12.7. The lowest BCUT2D eigenvalue weighted by atomic mass is 9.99. The highest BCUT2D eigenvalue weighted by molar-refractivity contribution is 5.22. The molecule has 1 N–H and O–H groups in total. The van der Waals surface area contributed by atoms with Gasteiger partial charge in [-0.1, -0.05) is 13.8 Å². The van der Waals surface area contributed by atoms with Crippen LogP contribution in [0.4, 0.5) is 0 Å². The topological polar surface area (TPSA) is 42.3 Å². The minimum Gasteiger partial charge on any atom is -0.374 e. The Morgan fingerprint density at radius 3 is 2.79 bits per heavy atom. The summed E-state index contributed by atoms with van der Waals surface area (Å²) in [7, 11) is 4.14. The van der Waals surface area contributed by atoms with E-state index in [1.165, 1.54) is 5.56 Å². The molecule has 1 aromatic heterocycles. The van der Waals surface area contributed by atoms with E-state index in [1.807, 2.05) is 11.7 Å². The third kappa shape index (κ3) is 3.35. The van der Waals surface area contributed by atoms with Crippen LogP contribution in [0.25, 0.3) is 0 Å². The second-order valence-corrected chi connectivity index (χ2v) is 5.74. The van der Waals surface area contributed by atoms with Gasteiger partial charge in [-0.05, 0) is 14.0 Å². The Morgan fingerprint density at radius 1 is 1.47 bits per heavy atom. The van der Waals surface area contributed by atoms with Gasteiger partial charge >= 0.3 is 0 Å². The molecule has 2 rings (SSSR count). The Balaban J connectivity index is 2.18.